The summed E-state index contributed by atoms with van der Waals surface area (Å²) in [4.78, 5) is 2.81. The third-order valence-corrected chi connectivity index (χ3v) is 5.93. The van der Waals surface area contributed by atoms with Crippen molar-refractivity contribution >= 4 is 0 Å². The van der Waals surface area contributed by atoms with Gasteiger partial charge < -0.3 is 10.2 Å². The molecule has 3 atom stereocenters. The van der Waals surface area contributed by atoms with Crippen molar-refractivity contribution in [3.63, 3.8) is 0 Å². The van der Waals surface area contributed by atoms with Crippen LogP contribution in [0.25, 0.3) is 0 Å². The van der Waals surface area contributed by atoms with Crippen LogP contribution >= 0.6 is 0 Å². The Morgan fingerprint density at radius 1 is 1.14 bits per heavy atom. The first kappa shape index (κ1) is 17.3. The molecule has 1 aliphatic heterocycles. The van der Waals surface area contributed by atoms with Crippen LogP contribution in [0.15, 0.2) is 0 Å². The van der Waals surface area contributed by atoms with Crippen molar-refractivity contribution in [2.24, 2.45) is 17.3 Å². The number of nitrogens with zero attached hydrogens (tertiary/aromatic N) is 1. The molecule has 21 heavy (non-hydrogen) atoms. The van der Waals surface area contributed by atoms with Gasteiger partial charge in [-0.25, -0.2) is 0 Å². The Morgan fingerprint density at radius 2 is 2.00 bits per heavy atom. The molecule has 0 amide bonds. The van der Waals surface area contributed by atoms with Gasteiger partial charge >= 0.3 is 0 Å². The molecule has 1 saturated carbocycles. The molecular formula is C19H38N2. The molecule has 1 N–H and O–H groups in total. The number of hydrogen-bond donors (Lipinski definition) is 1. The fraction of sp³-hybridized carbons (Fsp3) is 1.00. The van der Waals surface area contributed by atoms with Gasteiger partial charge in [0.15, 0.2) is 0 Å². The minimum atomic E-state index is 0.553. The molecule has 1 heterocycles. The van der Waals surface area contributed by atoms with Crippen LogP contribution in [0, 0.1) is 17.3 Å². The number of rotatable bonds is 6. The van der Waals surface area contributed by atoms with Crippen LogP contribution in [0.2, 0.25) is 0 Å². The van der Waals surface area contributed by atoms with Gasteiger partial charge in [-0.2, -0.15) is 0 Å². The van der Waals surface area contributed by atoms with Gasteiger partial charge in [-0.3, -0.25) is 0 Å². The Bertz CT molecular complexity index is 287. The lowest BCUT2D eigenvalue weighted by atomic mass is 9.69. The fourth-order valence-electron chi connectivity index (χ4n) is 5.06. The van der Waals surface area contributed by atoms with Crippen LogP contribution in [0.1, 0.15) is 71.6 Å². The van der Waals surface area contributed by atoms with E-state index in [1.807, 2.05) is 0 Å². The average molecular weight is 295 g/mol. The van der Waals surface area contributed by atoms with Gasteiger partial charge in [-0.1, -0.05) is 39.5 Å². The zero-order valence-electron chi connectivity index (χ0n) is 14.8. The third-order valence-electron chi connectivity index (χ3n) is 5.93. The maximum atomic E-state index is 3.51. The van der Waals surface area contributed by atoms with Gasteiger partial charge in [0, 0.05) is 13.1 Å². The first-order valence-corrected chi connectivity index (χ1v) is 9.54. The Labute approximate surface area is 133 Å². The van der Waals surface area contributed by atoms with E-state index < -0.39 is 0 Å². The summed E-state index contributed by atoms with van der Waals surface area (Å²) >= 11 is 0. The number of hydrogen-bond acceptors (Lipinski definition) is 2. The highest BCUT2D eigenvalue weighted by molar-refractivity contribution is 4.90. The van der Waals surface area contributed by atoms with Crippen LogP contribution in [-0.2, 0) is 0 Å². The lowest BCUT2D eigenvalue weighted by Crippen LogP contribution is -2.46. The van der Waals surface area contributed by atoms with Crippen molar-refractivity contribution in [3.8, 4) is 0 Å². The normalized spacial score (nSPS) is 35.6. The van der Waals surface area contributed by atoms with Gasteiger partial charge in [-0.15, -0.1) is 0 Å². The second kappa shape index (κ2) is 8.53. The molecule has 2 nitrogen and oxygen atoms in total. The smallest absolute Gasteiger partial charge is 0.00502 e. The molecule has 124 valence electrons. The standard InChI is InChI=1S/C19H38N2/c1-4-7-18-9-6-12-21(13-10-18)16-19(15-20-3)11-5-8-17(2)14-19/h17-18,20H,4-16H2,1-3H3. The van der Waals surface area contributed by atoms with Crippen molar-refractivity contribution < 1.29 is 0 Å². The molecule has 0 aromatic carbocycles. The van der Waals surface area contributed by atoms with Crippen molar-refractivity contribution in [1.29, 1.82) is 0 Å². The maximum absolute atomic E-state index is 3.51. The molecule has 0 radical (unpaired) electrons. The van der Waals surface area contributed by atoms with E-state index in [2.05, 4.69) is 31.1 Å². The van der Waals surface area contributed by atoms with Crippen molar-refractivity contribution in [2.75, 3.05) is 33.2 Å². The topological polar surface area (TPSA) is 15.3 Å². The molecular weight excluding hydrogens is 256 g/mol. The van der Waals surface area contributed by atoms with E-state index in [0.29, 0.717) is 5.41 Å². The van der Waals surface area contributed by atoms with E-state index in [4.69, 9.17) is 0 Å². The summed E-state index contributed by atoms with van der Waals surface area (Å²) in [7, 11) is 2.14. The van der Waals surface area contributed by atoms with Crippen molar-refractivity contribution in [1.82, 2.24) is 10.2 Å². The molecule has 1 aliphatic carbocycles. The molecule has 2 fully saturated rings. The van der Waals surface area contributed by atoms with Crippen LogP contribution in [0.3, 0.4) is 0 Å². The Kier molecular flexibility index (Phi) is 7.01. The molecule has 1 saturated heterocycles. The SMILES string of the molecule is CCCC1CCCN(CC2(CNC)CCCC(C)C2)CC1. The summed E-state index contributed by atoms with van der Waals surface area (Å²) in [6.45, 7) is 10.1. The van der Waals surface area contributed by atoms with E-state index in [0.717, 1.165) is 11.8 Å². The largest absolute Gasteiger partial charge is 0.319 e. The summed E-state index contributed by atoms with van der Waals surface area (Å²) in [5.41, 5.74) is 0.553. The van der Waals surface area contributed by atoms with Gasteiger partial charge in [0.05, 0.1) is 0 Å². The summed E-state index contributed by atoms with van der Waals surface area (Å²) in [6.07, 6.45) is 12.9. The minimum Gasteiger partial charge on any atom is -0.319 e. The van der Waals surface area contributed by atoms with Gasteiger partial charge in [0.1, 0.15) is 0 Å². The van der Waals surface area contributed by atoms with E-state index >= 15 is 0 Å². The first-order valence-electron chi connectivity index (χ1n) is 9.54. The van der Waals surface area contributed by atoms with Crippen molar-refractivity contribution in [3.05, 3.63) is 0 Å². The lowest BCUT2D eigenvalue weighted by molar-refractivity contribution is 0.0828. The second-order valence-electron chi connectivity index (χ2n) is 8.09. The molecule has 3 unspecified atom stereocenters. The van der Waals surface area contributed by atoms with Crippen molar-refractivity contribution in [2.45, 2.75) is 71.6 Å². The molecule has 0 aromatic heterocycles. The predicted octanol–water partition coefficient (Wildman–Crippen LogP) is 4.30. The molecule has 2 heteroatoms. The molecule has 2 rings (SSSR count). The van der Waals surface area contributed by atoms with Gasteiger partial charge in [0.2, 0.25) is 0 Å². The Balaban J connectivity index is 1.90. The van der Waals surface area contributed by atoms with Gasteiger partial charge in [0.25, 0.3) is 0 Å². The maximum Gasteiger partial charge on any atom is 0.00502 e. The zero-order chi connectivity index (χ0) is 15.1. The Hall–Kier alpha value is -0.0800. The number of likely N-dealkylation sites (tertiary alicyclic amines) is 1. The second-order valence-corrected chi connectivity index (χ2v) is 8.09. The lowest BCUT2D eigenvalue weighted by Gasteiger charge is -2.43. The molecule has 0 bridgehead atoms. The summed E-state index contributed by atoms with van der Waals surface area (Å²) in [5, 5.41) is 3.51. The molecule has 0 spiro atoms. The quantitative estimate of drug-likeness (QED) is 0.785. The summed E-state index contributed by atoms with van der Waals surface area (Å²) < 4.78 is 0. The average Bonchev–Trinajstić information content (AvgIpc) is 2.65. The third kappa shape index (κ3) is 5.25. The zero-order valence-corrected chi connectivity index (χ0v) is 14.8. The predicted molar refractivity (Wildman–Crippen MR) is 92.7 cm³/mol. The molecule has 2 aliphatic rings. The van der Waals surface area contributed by atoms with Crippen LogP contribution in [0.4, 0.5) is 0 Å². The van der Waals surface area contributed by atoms with E-state index in [9.17, 15) is 0 Å². The summed E-state index contributed by atoms with van der Waals surface area (Å²) in [5.74, 6) is 1.93. The summed E-state index contributed by atoms with van der Waals surface area (Å²) in [6, 6.07) is 0. The van der Waals surface area contributed by atoms with Gasteiger partial charge in [-0.05, 0) is 69.5 Å². The van der Waals surface area contributed by atoms with E-state index in [-0.39, 0.29) is 0 Å². The van der Waals surface area contributed by atoms with Crippen LogP contribution < -0.4 is 5.32 Å². The highest BCUT2D eigenvalue weighted by Gasteiger charge is 2.36. The van der Waals surface area contributed by atoms with Crippen LogP contribution in [-0.4, -0.2) is 38.1 Å². The highest BCUT2D eigenvalue weighted by atomic mass is 15.1. The van der Waals surface area contributed by atoms with E-state index in [1.165, 1.54) is 84.0 Å². The first-order chi connectivity index (χ1) is 10.2. The molecule has 0 aromatic rings. The Morgan fingerprint density at radius 3 is 2.71 bits per heavy atom. The fourth-order valence-corrected chi connectivity index (χ4v) is 5.06. The van der Waals surface area contributed by atoms with E-state index in [1.54, 1.807) is 0 Å². The minimum absolute atomic E-state index is 0.553. The number of nitrogens with one attached hydrogen (secondary N) is 1. The van der Waals surface area contributed by atoms with Crippen LogP contribution in [0.5, 0.6) is 0 Å². The highest BCUT2D eigenvalue weighted by Crippen LogP contribution is 2.40. The monoisotopic (exact) mass is 294 g/mol.